The first kappa shape index (κ1) is 13.5. The van der Waals surface area contributed by atoms with Gasteiger partial charge in [0.1, 0.15) is 0 Å². The molecule has 2 aliphatic rings. The molecule has 1 amide bonds. The normalized spacial score (nSPS) is 43.8. The van der Waals surface area contributed by atoms with Crippen molar-refractivity contribution in [2.75, 3.05) is 20.3 Å². The van der Waals surface area contributed by atoms with Crippen molar-refractivity contribution in [3.05, 3.63) is 0 Å². The molecule has 8 nitrogen and oxygen atoms in total. The summed E-state index contributed by atoms with van der Waals surface area (Å²) in [6.07, 6.45) is -3.80. The van der Waals surface area contributed by atoms with Crippen molar-refractivity contribution >= 4 is 6.09 Å². The minimum absolute atomic E-state index is 0.146. The van der Waals surface area contributed by atoms with Crippen molar-refractivity contribution < 1.29 is 30.0 Å². The summed E-state index contributed by atoms with van der Waals surface area (Å²) in [5, 5.41) is 41.2. The Balaban J connectivity index is 2.19. The van der Waals surface area contributed by atoms with E-state index in [2.05, 4.69) is 10.1 Å². The van der Waals surface area contributed by atoms with Crippen LogP contribution in [0.1, 0.15) is 0 Å². The number of nitrogens with zero attached hydrogens (tertiary/aromatic N) is 1. The van der Waals surface area contributed by atoms with Crippen LogP contribution in [0.25, 0.3) is 0 Å². The minimum atomic E-state index is -1.08. The standard InChI is InChI=1S/C10H18N2O6/c1-18-10(17)11-6-7-9(16)5(14)2-12(7)4(3-13)8(6)15/h4-9,13-16H,2-3H2,1H3,(H,11,17)/t4-,5-,6+,7-,8+,9+/m0/s1. The van der Waals surface area contributed by atoms with Crippen LogP contribution in [0, 0.1) is 0 Å². The molecule has 0 saturated carbocycles. The predicted molar refractivity (Wildman–Crippen MR) is 58.7 cm³/mol. The van der Waals surface area contributed by atoms with Gasteiger partial charge in [-0.05, 0) is 0 Å². The van der Waals surface area contributed by atoms with E-state index in [-0.39, 0.29) is 13.2 Å². The maximum Gasteiger partial charge on any atom is 0.407 e. The number of aliphatic hydroxyl groups excluding tert-OH is 4. The van der Waals surface area contributed by atoms with E-state index in [0.717, 1.165) is 0 Å². The molecule has 0 radical (unpaired) electrons. The van der Waals surface area contributed by atoms with Crippen LogP contribution in [0.5, 0.6) is 0 Å². The van der Waals surface area contributed by atoms with E-state index in [4.69, 9.17) is 0 Å². The second-order valence-electron chi connectivity index (χ2n) is 4.65. The molecular formula is C10H18N2O6. The molecule has 2 rings (SSSR count). The Morgan fingerprint density at radius 3 is 2.61 bits per heavy atom. The number of alkyl carbamates (subject to hydrolysis) is 1. The van der Waals surface area contributed by atoms with Gasteiger partial charge in [0.15, 0.2) is 0 Å². The number of carbonyl (C=O) groups is 1. The van der Waals surface area contributed by atoms with Crippen molar-refractivity contribution in [1.29, 1.82) is 0 Å². The van der Waals surface area contributed by atoms with E-state index < -0.39 is 42.5 Å². The summed E-state index contributed by atoms with van der Waals surface area (Å²) in [7, 11) is 1.19. The van der Waals surface area contributed by atoms with Gasteiger partial charge in [0.05, 0.1) is 50.2 Å². The summed E-state index contributed by atoms with van der Waals surface area (Å²) < 4.78 is 4.45. The van der Waals surface area contributed by atoms with Gasteiger partial charge in [-0.15, -0.1) is 0 Å². The molecule has 0 aromatic rings. The summed E-state index contributed by atoms with van der Waals surface area (Å²) in [6.45, 7) is -0.177. The third kappa shape index (κ3) is 1.95. The molecule has 0 spiro atoms. The van der Waals surface area contributed by atoms with E-state index in [1.807, 2.05) is 0 Å². The fourth-order valence-corrected chi connectivity index (χ4v) is 2.86. The van der Waals surface area contributed by atoms with Gasteiger partial charge in [-0.2, -0.15) is 0 Å². The Morgan fingerprint density at radius 1 is 1.39 bits per heavy atom. The number of fused-ring (bicyclic) bond motifs is 1. The summed E-state index contributed by atoms with van der Waals surface area (Å²) in [5.74, 6) is 0. The summed E-state index contributed by atoms with van der Waals surface area (Å²) in [6, 6.07) is -2.04. The van der Waals surface area contributed by atoms with E-state index in [1.54, 1.807) is 4.90 Å². The Labute approximate surface area is 104 Å². The lowest BCUT2D eigenvalue weighted by atomic mass is 9.99. The molecular weight excluding hydrogens is 244 g/mol. The number of nitrogens with one attached hydrogen (secondary N) is 1. The molecule has 18 heavy (non-hydrogen) atoms. The van der Waals surface area contributed by atoms with Crippen molar-refractivity contribution in [3.63, 3.8) is 0 Å². The van der Waals surface area contributed by atoms with Crippen molar-refractivity contribution in [3.8, 4) is 0 Å². The highest BCUT2D eigenvalue weighted by molar-refractivity contribution is 5.67. The van der Waals surface area contributed by atoms with Gasteiger partial charge in [0.25, 0.3) is 0 Å². The SMILES string of the molecule is COC(=O)N[C@H]1[C@H](O)[C@H](CO)N2C[C@H](O)[C@@H](O)[C@H]12. The van der Waals surface area contributed by atoms with Gasteiger partial charge >= 0.3 is 6.09 Å². The zero-order chi connectivity index (χ0) is 13.4. The highest BCUT2D eigenvalue weighted by atomic mass is 16.5. The van der Waals surface area contributed by atoms with Gasteiger partial charge in [-0.1, -0.05) is 0 Å². The van der Waals surface area contributed by atoms with E-state index in [1.165, 1.54) is 7.11 Å². The zero-order valence-corrected chi connectivity index (χ0v) is 9.93. The molecule has 0 aromatic heterocycles. The Kier molecular flexibility index (Phi) is 3.74. The second kappa shape index (κ2) is 4.98. The smallest absolute Gasteiger partial charge is 0.407 e. The lowest BCUT2D eigenvalue weighted by Gasteiger charge is -2.24. The van der Waals surface area contributed by atoms with Crippen LogP contribution in [-0.4, -0.2) is 88.1 Å². The Bertz CT molecular complexity index is 327. The molecule has 0 unspecified atom stereocenters. The maximum absolute atomic E-state index is 11.2. The minimum Gasteiger partial charge on any atom is -0.453 e. The van der Waals surface area contributed by atoms with Crippen LogP contribution in [0.4, 0.5) is 4.79 Å². The number of ether oxygens (including phenoxy) is 1. The number of carbonyl (C=O) groups excluding carboxylic acids is 1. The first-order valence-electron chi connectivity index (χ1n) is 5.76. The lowest BCUT2D eigenvalue weighted by molar-refractivity contribution is 0.0205. The molecule has 2 saturated heterocycles. The third-order valence-corrected chi connectivity index (χ3v) is 3.74. The topological polar surface area (TPSA) is 122 Å². The highest BCUT2D eigenvalue weighted by Gasteiger charge is 2.57. The molecule has 104 valence electrons. The fourth-order valence-electron chi connectivity index (χ4n) is 2.86. The first-order valence-corrected chi connectivity index (χ1v) is 5.76. The van der Waals surface area contributed by atoms with Crippen molar-refractivity contribution in [1.82, 2.24) is 10.2 Å². The van der Waals surface area contributed by atoms with Crippen LogP contribution in [0.15, 0.2) is 0 Å². The molecule has 5 N–H and O–H groups in total. The van der Waals surface area contributed by atoms with Gasteiger partial charge < -0.3 is 30.5 Å². The maximum atomic E-state index is 11.2. The second-order valence-corrected chi connectivity index (χ2v) is 4.65. The number of amides is 1. The number of hydrogen-bond acceptors (Lipinski definition) is 7. The van der Waals surface area contributed by atoms with Crippen LogP contribution >= 0.6 is 0 Å². The average Bonchev–Trinajstić information content (AvgIpc) is 2.76. The quantitative estimate of drug-likeness (QED) is 0.356. The fraction of sp³-hybridized carbons (Fsp3) is 0.900. The average molecular weight is 262 g/mol. The molecule has 0 aromatic carbocycles. The van der Waals surface area contributed by atoms with Crippen LogP contribution in [0.2, 0.25) is 0 Å². The largest absolute Gasteiger partial charge is 0.453 e. The summed E-state index contributed by atoms with van der Waals surface area (Å²) in [5.41, 5.74) is 0. The lowest BCUT2D eigenvalue weighted by Crippen LogP contribution is -2.52. The monoisotopic (exact) mass is 262 g/mol. The highest BCUT2D eigenvalue weighted by Crippen LogP contribution is 2.33. The number of hydrogen-bond donors (Lipinski definition) is 5. The summed E-state index contributed by atoms with van der Waals surface area (Å²) in [4.78, 5) is 12.8. The Hall–Kier alpha value is -0.930. The van der Waals surface area contributed by atoms with Crippen LogP contribution in [-0.2, 0) is 4.74 Å². The number of rotatable bonds is 2. The van der Waals surface area contributed by atoms with E-state index >= 15 is 0 Å². The first-order chi connectivity index (χ1) is 8.51. The number of methoxy groups -OCH3 is 1. The third-order valence-electron chi connectivity index (χ3n) is 3.74. The molecule has 2 fully saturated rings. The van der Waals surface area contributed by atoms with E-state index in [0.29, 0.717) is 0 Å². The van der Waals surface area contributed by atoms with Crippen molar-refractivity contribution in [2.24, 2.45) is 0 Å². The van der Waals surface area contributed by atoms with Crippen LogP contribution < -0.4 is 5.32 Å². The molecule has 2 aliphatic heterocycles. The van der Waals surface area contributed by atoms with Gasteiger partial charge in [-0.25, -0.2) is 4.79 Å². The Morgan fingerprint density at radius 2 is 2.06 bits per heavy atom. The molecule has 0 bridgehead atoms. The molecule has 8 heteroatoms. The summed E-state index contributed by atoms with van der Waals surface area (Å²) >= 11 is 0. The van der Waals surface area contributed by atoms with Gasteiger partial charge in [0, 0.05) is 6.54 Å². The van der Waals surface area contributed by atoms with Crippen LogP contribution in [0.3, 0.4) is 0 Å². The predicted octanol–water partition coefficient (Wildman–Crippen LogP) is -3.15. The van der Waals surface area contributed by atoms with Gasteiger partial charge in [0.2, 0.25) is 0 Å². The molecule has 2 heterocycles. The van der Waals surface area contributed by atoms with Gasteiger partial charge in [-0.3, -0.25) is 4.90 Å². The zero-order valence-electron chi connectivity index (χ0n) is 9.93. The molecule has 0 aliphatic carbocycles. The molecule has 6 atom stereocenters. The van der Waals surface area contributed by atoms with E-state index in [9.17, 15) is 25.2 Å². The number of aliphatic hydroxyl groups is 4. The van der Waals surface area contributed by atoms with Crippen molar-refractivity contribution in [2.45, 2.75) is 36.4 Å².